The van der Waals surface area contributed by atoms with Crippen LogP contribution in [0.5, 0.6) is 0 Å². The minimum Gasteiger partial charge on any atom is -1.00 e. The average molecular weight is 177 g/mol. The van der Waals surface area contributed by atoms with Gasteiger partial charge in [-0.25, -0.2) is 4.99 Å². The molecule has 2 nitrogen and oxygen atoms in total. The van der Waals surface area contributed by atoms with E-state index in [0.717, 1.165) is 4.48 Å². The Bertz CT molecular complexity index is 112. The Morgan fingerprint density at radius 3 is 2.12 bits per heavy atom. The SMILES string of the molecule is C[N+]1(C)C=CN=C1.[Br-]. The van der Waals surface area contributed by atoms with Crippen molar-refractivity contribution in [2.45, 2.75) is 0 Å². The Morgan fingerprint density at radius 1 is 1.38 bits per heavy atom. The second-order valence-electron chi connectivity index (χ2n) is 2.19. The lowest BCUT2D eigenvalue weighted by Crippen LogP contribution is -3.00. The summed E-state index contributed by atoms with van der Waals surface area (Å²) in [5, 5.41) is 0. The van der Waals surface area contributed by atoms with Crippen LogP contribution in [0.15, 0.2) is 17.4 Å². The number of quaternary nitrogens is 1. The Balaban J connectivity index is 0.000000490. The van der Waals surface area contributed by atoms with Crippen molar-refractivity contribution in [3.63, 3.8) is 0 Å². The van der Waals surface area contributed by atoms with Gasteiger partial charge in [-0.1, -0.05) is 0 Å². The van der Waals surface area contributed by atoms with Gasteiger partial charge in [-0.05, 0) is 0 Å². The number of hydrogen-bond acceptors (Lipinski definition) is 1. The molecule has 0 bridgehead atoms. The van der Waals surface area contributed by atoms with Gasteiger partial charge in [0.1, 0.15) is 6.20 Å². The Morgan fingerprint density at radius 2 is 2.00 bits per heavy atom. The summed E-state index contributed by atoms with van der Waals surface area (Å²) in [6.45, 7) is 0. The molecule has 0 radical (unpaired) electrons. The molecule has 1 rings (SSSR count). The lowest BCUT2D eigenvalue weighted by atomic mass is 10.7. The summed E-state index contributed by atoms with van der Waals surface area (Å²) in [4.78, 5) is 3.90. The predicted molar refractivity (Wildman–Crippen MR) is 29.7 cm³/mol. The zero-order chi connectivity index (χ0) is 5.33. The van der Waals surface area contributed by atoms with Gasteiger partial charge in [-0.2, -0.15) is 0 Å². The maximum absolute atomic E-state index is 3.90. The van der Waals surface area contributed by atoms with E-state index in [1.807, 2.05) is 12.5 Å². The first-order valence-electron chi connectivity index (χ1n) is 2.26. The van der Waals surface area contributed by atoms with Crippen molar-refractivity contribution >= 4 is 6.34 Å². The molecule has 0 atom stereocenters. The molecule has 0 fully saturated rings. The monoisotopic (exact) mass is 176 g/mol. The molecule has 0 aliphatic carbocycles. The first kappa shape index (κ1) is 7.85. The number of aliphatic imine (C=N–C) groups is 1. The molecular formula is C5H9BrN2. The molecule has 0 aromatic heterocycles. The molecular weight excluding hydrogens is 168 g/mol. The largest absolute Gasteiger partial charge is 1.00 e. The highest BCUT2D eigenvalue weighted by molar-refractivity contribution is 5.50. The van der Waals surface area contributed by atoms with Gasteiger partial charge in [0.05, 0.1) is 20.3 Å². The van der Waals surface area contributed by atoms with Crippen molar-refractivity contribution in [2.75, 3.05) is 14.1 Å². The normalized spacial score (nSPS) is 20.8. The van der Waals surface area contributed by atoms with Crippen LogP contribution in [-0.2, 0) is 0 Å². The van der Waals surface area contributed by atoms with Crippen LogP contribution in [-0.4, -0.2) is 24.9 Å². The highest BCUT2D eigenvalue weighted by Gasteiger charge is 2.09. The fourth-order valence-electron chi connectivity index (χ4n) is 0.459. The van der Waals surface area contributed by atoms with Crippen molar-refractivity contribution in [3.8, 4) is 0 Å². The second kappa shape index (κ2) is 2.42. The van der Waals surface area contributed by atoms with E-state index < -0.39 is 0 Å². The highest BCUT2D eigenvalue weighted by atomic mass is 79.9. The summed E-state index contributed by atoms with van der Waals surface area (Å²) < 4.78 is 0.778. The maximum atomic E-state index is 3.90. The topological polar surface area (TPSA) is 12.4 Å². The standard InChI is InChI=1S/C5H9N2.BrH/c1-7(2)4-3-6-5-7;/h3-5H,1-2H3;1H/q+1;/p-1. The van der Waals surface area contributed by atoms with Gasteiger partial charge in [0.15, 0.2) is 6.34 Å². The smallest absolute Gasteiger partial charge is 0.194 e. The number of rotatable bonds is 0. The zero-order valence-electron chi connectivity index (χ0n) is 5.00. The fraction of sp³-hybridized carbons (Fsp3) is 0.400. The molecule has 1 aliphatic rings. The third kappa shape index (κ3) is 1.76. The molecule has 0 aromatic rings. The van der Waals surface area contributed by atoms with E-state index in [-0.39, 0.29) is 17.0 Å². The van der Waals surface area contributed by atoms with E-state index in [9.17, 15) is 0 Å². The summed E-state index contributed by atoms with van der Waals surface area (Å²) in [5.41, 5.74) is 0. The van der Waals surface area contributed by atoms with Gasteiger partial charge in [0.25, 0.3) is 0 Å². The van der Waals surface area contributed by atoms with Crippen LogP contribution in [0.3, 0.4) is 0 Å². The molecule has 0 unspecified atom stereocenters. The van der Waals surface area contributed by atoms with Crippen molar-refractivity contribution in [2.24, 2.45) is 4.99 Å². The van der Waals surface area contributed by atoms with Crippen LogP contribution in [0.2, 0.25) is 0 Å². The summed E-state index contributed by atoms with van der Waals surface area (Å²) in [5.74, 6) is 0. The van der Waals surface area contributed by atoms with Gasteiger partial charge in [0, 0.05) is 0 Å². The van der Waals surface area contributed by atoms with Crippen LogP contribution < -0.4 is 17.0 Å². The molecule has 0 aromatic carbocycles. The molecule has 0 spiro atoms. The maximum Gasteiger partial charge on any atom is 0.194 e. The molecule has 46 valence electrons. The van der Waals surface area contributed by atoms with Gasteiger partial charge >= 0.3 is 0 Å². The molecule has 0 saturated carbocycles. The number of nitrogens with zero attached hydrogens (tertiary/aromatic N) is 2. The number of halogens is 1. The minimum atomic E-state index is 0. The van der Waals surface area contributed by atoms with Crippen molar-refractivity contribution < 1.29 is 21.5 Å². The Labute approximate surface area is 59.9 Å². The van der Waals surface area contributed by atoms with Gasteiger partial charge in [0.2, 0.25) is 0 Å². The van der Waals surface area contributed by atoms with Crippen molar-refractivity contribution in [1.82, 2.24) is 0 Å². The van der Waals surface area contributed by atoms with Crippen LogP contribution in [0, 0.1) is 0 Å². The van der Waals surface area contributed by atoms with Crippen molar-refractivity contribution in [3.05, 3.63) is 12.4 Å². The van der Waals surface area contributed by atoms with Crippen molar-refractivity contribution in [1.29, 1.82) is 0 Å². The third-order valence-electron chi connectivity index (χ3n) is 0.901. The molecule has 3 heteroatoms. The predicted octanol–water partition coefficient (Wildman–Crippen LogP) is -2.42. The molecule has 1 heterocycles. The molecule has 0 N–H and O–H groups in total. The van der Waals surface area contributed by atoms with Crippen LogP contribution in [0.25, 0.3) is 0 Å². The van der Waals surface area contributed by atoms with Gasteiger partial charge in [-0.3, -0.25) is 4.48 Å². The summed E-state index contributed by atoms with van der Waals surface area (Å²) >= 11 is 0. The quantitative estimate of drug-likeness (QED) is 0.365. The fourth-order valence-corrected chi connectivity index (χ4v) is 0.459. The summed E-state index contributed by atoms with van der Waals surface area (Å²) in [7, 11) is 4.12. The van der Waals surface area contributed by atoms with E-state index in [4.69, 9.17) is 0 Å². The minimum absolute atomic E-state index is 0. The first-order chi connectivity index (χ1) is 3.21. The van der Waals surface area contributed by atoms with Gasteiger partial charge in [-0.15, -0.1) is 0 Å². The second-order valence-corrected chi connectivity index (χ2v) is 2.19. The first-order valence-corrected chi connectivity index (χ1v) is 2.26. The number of hydrogen-bond donors (Lipinski definition) is 0. The molecule has 8 heavy (non-hydrogen) atoms. The van der Waals surface area contributed by atoms with Crippen LogP contribution >= 0.6 is 0 Å². The lowest BCUT2D eigenvalue weighted by molar-refractivity contribution is -0.732. The van der Waals surface area contributed by atoms with Crippen LogP contribution in [0.1, 0.15) is 0 Å². The molecule has 0 saturated heterocycles. The van der Waals surface area contributed by atoms with E-state index in [2.05, 4.69) is 19.1 Å². The Hall–Kier alpha value is -0.150. The molecule has 0 amide bonds. The third-order valence-corrected chi connectivity index (χ3v) is 0.901. The van der Waals surface area contributed by atoms with E-state index in [1.54, 1.807) is 6.20 Å². The highest BCUT2D eigenvalue weighted by Crippen LogP contribution is 1.99. The zero-order valence-corrected chi connectivity index (χ0v) is 6.59. The van der Waals surface area contributed by atoms with E-state index in [0.29, 0.717) is 0 Å². The summed E-state index contributed by atoms with van der Waals surface area (Å²) in [6.07, 6.45) is 5.69. The van der Waals surface area contributed by atoms with E-state index in [1.165, 1.54) is 0 Å². The van der Waals surface area contributed by atoms with Crippen LogP contribution in [0.4, 0.5) is 0 Å². The average Bonchev–Trinajstić information content (AvgIpc) is 1.84. The summed E-state index contributed by atoms with van der Waals surface area (Å²) in [6, 6.07) is 0. The Kier molecular flexibility index (Phi) is 2.37. The molecule has 1 aliphatic heterocycles. The lowest BCUT2D eigenvalue weighted by Gasteiger charge is -2.12. The van der Waals surface area contributed by atoms with Gasteiger partial charge < -0.3 is 17.0 Å². The van der Waals surface area contributed by atoms with E-state index >= 15 is 0 Å².